The Kier molecular flexibility index (Phi) is 3.50. The molecule has 0 saturated heterocycles. The summed E-state index contributed by atoms with van der Waals surface area (Å²) in [6.45, 7) is 0. The lowest BCUT2D eigenvalue weighted by Gasteiger charge is -2.08. The number of ether oxygens (including phenoxy) is 1. The van der Waals surface area contributed by atoms with Gasteiger partial charge in [0.2, 0.25) is 0 Å². The largest absolute Gasteiger partial charge is 0.495 e. The predicted molar refractivity (Wildman–Crippen MR) is 81.1 cm³/mol. The van der Waals surface area contributed by atoms with Gasteiger partial charge in [0.05, 0.1) is 17.7 Å². The normalized spacial score (nSPS) is 10.6. The third-order valence-electron chi connectivity index (χ3n) is 3.07. The standard InChI is InChI=1S/C15H12ClN3O2/c1-21-13-5-4-10(9-12(13)16)18-15(20)11-3-2-7-19-8-6-17-14(11)19/h2-9H,1H3,(H,18,20). The van der Waals surface area contributed by atoms with Gasteiger partial charge in [0.25, 0.3) is 5.91 Å². The fraction of sp³-hybridized carbons (Fsp3) is 0.0667. The molecule has 5 nitrogen and oxygen atoms in total. The summed E-state index contributed by atoms with van der Waals surface area (Å²) in [6.07, 6.45) is 5.27. The number of nitrogens with zero attached hydrogens (tertiary/aromatic N) is 2. The third-order valence-corrected chi connectivity index (χ3v) is 3.37. The highest BCUT2D eigenvalue weighted by Crippen LogP contribution is 2.27. The minimum absolute atomic E-state index is 0.243. The topological polar surface area (TPSA) is 55.6 Å². The van der Waals surface area contributed by atoms with Gasteiger partial charge in [-0.25, -0.2) is 4.98 Å². The van der Waals surface area contributed by atoms with E-state index in [1.165, 1.54) is 0 Å². The number of hydrogen-bond donors (Lipinski definition) is 1. The van der Waals surface area contributed by atoms with Crippen LogP contribution in [-0.4, -0.2) is 22.4 Å². The van der Waals surface area contributed by atoms with Crippen molar-refractivity contribution >= 4 is 28.8 Å². The summed E-state index contributed by atoms with van der Waals surface area (Å²) < 4.78 is 6.87. The number of nitrogens with one attached hydrogen (secondary N) is 1. The first-order valence-corrected chi connectivity index (χ1v) is 6.63. The van der Waals surface area contributed by atoms with Crippen molar-refractivity contribution in [1.82, 2.24) is 9.38 Å². The zero-order valence-electron chi connectivity index (χ0n) is 11.2. The number of benzene rings is 1. The third kappa shape index (κ3) is 2.55. The van der Waals surface area contributed by atoms with E-state index in [1.54, 1.807) is 54.2 Å². The lowest BCUT2D eigenvalue weighted by atomic mass is 10.2. The fourth-order valence-corrected chi connectivity index (χ4v) is 2.33. The molecule has 0 atom stereocenters. The monoisotopic (exact) mass is 301 g/mol. The second-order valence-corrected chi connectivity index (χ2v) is 4.79. The smallest absolute Gasteiger partial charge is 0.259 e. The Balaban J connectivity index is 1.89. The Morgan fingerprint density at radius 2 is 2.19 bits per heavy atom. The van der Waals surface area contributed by atoms with E-state index in [1.807, 2.05) is 6.20 Å². The molecule has 0 aliphatic heterocycles. The number of aromatic nitrogens is 2. The molecule has 0 aliphatic carbocycles. The number of imidazole rings is 1. The Morgan fingerprint density at radius 1 is 1.33 bits per heavy atom. The van der Waals surface area contributed by atoms with Gasteiger partial charge < -0.3 is 14.5 Å². The summed E-state index contributed by atoms with van der Waals surface area (Å²) in [6, 6.07) is 8.60. The molecular weight excluding hydrogens is 290 g/mol. The van der Waals surface area contributed by atoms with Gasteiger partial charge in [-0.1, -0.05) is 11.6 Å². The summed E-state index contributed by atoms with van der Waals surface area (Å²) in [7, 11) is 1.54. The van der Waals surface area contributed by atoms with Crippen LogP contribution in [0.2, 0.25) is 5.02 Å². The molecule has 2 heterocycles. The molecule has 0 bridgehead atoms. The highest BCUT2D eigenvalue weighted by atomic mass is 35.5. The summed E-state index contributed by atoms with van der Waals surface area (Å²) in [4.78, 5) is 16.5. The number of carbonyl (C=O) groups excluding carboxylic acids is 1. The van der Waals surface area contributed by atoms with Gasteiger partial charge in [-0.2, -0.15) is 0 Å². The van der Waals surface area contributed by atoms with Crippen molar-refractivity contribution in [2.24, 2.45) is 0 Å². The second kappa shape index (κ2) is 5.46. The van der Waals surface area contributed by atoms with E-state index in [4.69, 9.17) is 16.3 Å². The average Bonchev–Trinajstić information content (AvgIpc) is 2.95. The minimum atomic E-state index is -0.243. The van der Waals surface area contributed by atoms with Crippen molar-refractivity contribution in [3.8, 4) is 5.75 Å². The second-order valence-electron chi connectivity index (χ2n) is 4.38. The average molecular weight is 302 g/mol. The van der Waals surface area contributed by atoms with Crippen molar-refractivity contribution in [2.75, 3.05) is 12.4 Å². The highest BCUT2D eigenvalue weighted by Gasteiger charge is 2.12. The van der Waals surface area contributed by atoms with Gasteiger partial charge in [0.15, 0.2) is 0 Å². The van der Waals surface area contributed by atoms with Crippen LogP contribution in [0.3, 0.4) is 0 Å². The molecule has 0 saturated carbocycles. The van der Waals surface area contributed by atoms with E-state index in [0.717, 1.165) is 0 Å². The van der Waals surface area contributed by atoms with Crippen molar-refractivity contribution in [1.29, 1.82) is 0 Å². The Bertz CT molecular complexity index is 814. The number of halogens is 1. The van der Waals surface area contributed by atoms with Gasteiger partial charge >= 0.3 is 0 Å². The van der Waals surface area contributed by atoms with Crippen LogP contribution in [0.25, 0.3) is 5.65 Å². The van der Waals surface area contributed by atoms with Gasteiger partial charge in [0, 0.05) is 24.3 Å². The molecular formula is C15H12ClN3O2. The molecule has 106 valence electrons. The van der Waals surface area contributed by atoms with Crippen LogP contribution in [0.5, 0.6) is 5.75 Å². The number of methoxy groups -OCH3 is 1. The van der Waals surface area contributed by atoms with E-state index in [0.29, 0.717) is 27.7 Å². The highest BCUT2D eigenvalue weighted by molar-refractivity contribution is 6.32. The first-order chi connectivity index (χ1) is 10.2. The van der Waals surface area contributed by atoms with E-state index in [-0.39, 0.29) is 5.91 Å². The van der Waals surface area contributed by atoms with Crippen LogP contribution in [0.15, 0.2) is 48.9 Å². The number of fused-ring (bicyclic) bond motifs is 1. The van der Waals surface area contributed by atoms with Crippen molar-refractivity contribution in [2.45, 2.75) is 0 Å². The van der Waals surface area contributed by atoms with Crippen LogP contribution in [0.4, 0.5) is 5.69 Å². The molecule has 0 fully saturated rings. The molecule has 3 aromatic rings. The molecule has 0 aliphatic rings. The minimum Gasteiger partial charge on any atom is -0.495 e. The Morgan fingerprint density at radius 3 is 2.95 bits per heavy atom. The van der Waals surface area contributed by atoms with Crippen molar-refractivity contribution in [3.05, 3.63) is 59.5 Å². The maximum atomic E-state index is 12.4. The summed E-state index contributed by atoms with van der Waals surface area (Å²) in [5.41, 5.74) is 1.70. The van der Waals surface area contributed by atoms with Crippen LogP contribution >= 0.6 is 11.6 Å². The molecule has 1 aromatic carbocycles. The van der Waals surface area contributed by atoms with Crippen LogP contribution in [-0.2, 0) is 0 Å². The molecule has 6 heteroatoms. The van der Waals surface area contributed by atoms with Gasteiger partial charge in [-0.05, 0) is 30.3 Å². The van der Waals surface area contributed by atoms with Crippen molar-refractivity contribution < 1.29 is 9.53 Å². The van der Waals surface area contributed by atoms with E-state index in [9.17, 15) is 4.79 Å². The number of pyridine rings is 1. The summed E-state index contributed by atoms with van der Waals surface area (Å²) in [5.74, 6) is 0.318. The van der Waals surface area contributed by atoms with E-state index >= 15 is 0 Å². The summed E-state index contributed by atoms with van der Waals surface area (Å²) >= 11 is 6.04. The molecule has 0 spiro atoms. The SMILES string of the molecule is COc1ccc(NC(=O)c2cccn3ccnc23)cc1Cl. The first kappa shape index (κ1) is 13.5. The predicted octanol–water partition coefficient (Wildman–Crippen LogP) is 3.25. The van der Waals surface area contributed by atoms with Gasteiger partial charge in [-0.15, -0.1) is 0 Å². The zero-order valence-corrected chi connectivity index (χ0v) is 12.0. The Labute approximate surface area is 126 Å². The number of anilines is 1. The molecule has 3 rings (SSSR count). The maximum Gasteiger partial charge on any atom is 0.259 e. The number of amides is 1. The van der Waals surface area contributed by atoms with Crippen molar-refractivity contribution in [3.63, 3.8) is 0 Å². The summed E-state index contributed by atoms with van der Waals surface area (Å²) in [5, 5.41) is 3.24. The maximum absolute atomic E-state index is 12.4. The van der Waals surface area contributed by atoms with E-state index < -0.39 is 0 Å². The lowest BCUT2D eigenvalue weighted by Crippen LogP contribution is -2.13. The zero-order chi connectivity index (χ0) is 14.8. The molecule has 2 aromatic heterocycles. The Hall–Kier alpha value is -2.53. The molecule has 0 radical (unpaired) electrons. The molecule has 1 amide bonds. The van der Waals surface area contributed by atoms with Crippen LogP contribution in [0, 0.1) is 0 Å². The fourth-order valence-electron chi connectivity index (χ4n) is 2.07. The number of rotatable bonds is 3. The molecule has 21 heavy (non-hydrogen) atoms. The lowest BCUT2D eigenvalue weighted by molar-refractivity contribution is 0.102. The van der Waals surface area contributed by atoms with Gasteiger partial charge in [0.1, 0.15) is 11.4 Å². The van der Waals surface area contributed by atoms with Gasteiger partial charge in [-0.3, -0.25) is 4.79 Å². The van der Waals surface area contributed by atoms with E-state index in [2.05, 4.69) is 10.3 Å². The number of hydrogen-bond acceptors (Lipinski definition) is 3. The van der Waals surface area contributed by atoms with Crippen LogP contribution in [0.1, 0.15) is 10.4 Å². The first-order valence-electron chi connectivity index (χ1n) is 6.25. The molecule has 1 N–H and O–H groups in total. The van der Waals surface area contributed by atoms with Crippen LogP contribution < -0.4 is 10.1 Å². The molecule has 0 unspecified atom stereocenters. The quantitative estimate of drug-likeness (QED) is 0.808. The number of carbonyl (C=O) groups is 1.